The van der Waals surface area contributed by atoms with Crippen molar-refractivity contribution < 1.29 is 4.74 Å². The van der Waals surface area contributed by atoms with E-state index in [9.17, 15) is 0 Å². The summed E-state index contributed by atoms with van der Waals surface area (Å²) < 4.78 is 7.54. The van der Waals surface area contributed by atoms with E-state index in [0.29, 0.717) is 6.61 Å². The maximum Gasteiger partial charge on any atom is 0.130 e. The number of benzene rings is 1. The molecular formula is C18H17N3O. The molecule has 0 amide bonds. The molecule has 0 unspecified atom stereocenters. The Morgan fingerprint density at radius 2 is 1.82 bits per heavy atom. The zero-order valence-electron chi connectivity index (χ0n) is 12.9. The van der Waals surface area contributed by atoms with E-state index in [4.69, 9.17) is 15.3 Å². The van der Waals surface area contributed by atoms with Crippen LogP contribution in [0.4, 0.5) is 0 Å². The fourth-order valence-corrected chi connectivity index (χ4v) is 2.43. The van der Waals surface area contributed by atoms with Gasteiger partial charge in [0, 0.05) is 17.1 Å². The highest BCUT2D eigenvalue weighted by molar-refractivity contribution is 5.65. The Morgan fingerprint density at radius 1 is 1.18 bits per heavy atom. The quantitative estimate of drug-likeness (QED) is 0.802. The Labute approximate surface area is 130 Å². The SMILES string of the molecule is CCOc1ccc(-n2c(C)cc(C=C(C#N)C#N)c2C)cc1. The zero-order chi connectivity index (χ0) is 16.1. The summed E-state index contributed by atoms with van der Waals surface area (Å²) in [7, 11) is 0. The van der Waals surface area contributed by atoms with Gasteiger partial charge < -0.3 is 9.30 Å². The summed E-state index contributed by atoms with van der Waals surface area (Å²) in [6.07, 6.45) is 1.62. The molecule has 2 aromatic rings. The van der Waals surface area contributed by atoms with E-state index in [1.54, 1.807) is 6.08 Å². The van der Waals surface area contributed by atoms with Crippen molar-refractivity contribution in [2.24, 2.45) is 0 Å². The summed E-state index contributed by atoms with van der Waals surface area (Å²) in [4.78, 5) is 0. The van der Waals surface area contributed by atoms with Crippen molar-refractivity contribution in [1.82, 2.24) is 4.57 Å². The highest BCUT2D eigenvalue weighted by Crippen LogP contribution is 2.24. The van der Waals surface area contributed by atoms with E-state index < -0.39 is 0 Å². The molecule has 0 aliphatic carbocycles. The second-order valence-corrected chi connectivity index (χ2v) is 4.87. The predicted molar refractivity (Wildman–Crippen MR) is 85.6 cm³/mol. The van der Waals surface area contributed by atoms with Crippen LogP contribution in [0.5, 0.6) is 5.75 Å². The number of hydrogen-bond acceptors (Lipinski definition) is 3. The maximum absolute atomic E-state index is 8.89. The number of nitriles is 2. The minimum Gasteiger partial charge on any atom is -0.494 e. The Hall–Kier alpha value is -2.98. The van der Waals surface area contributed by atoms with E-state index >= 15 is 0 Å². The molecule has 4 heteroatoms. The van der Waals surface area contributed by atoms with Crippen molar-refractivity contribution in [2.45, 2.75) is 20.8 Å². The first-order valence-electron chi connectivity index (χ1n) is 7.04. The van der Waals surface area contributed by atoms with Gasteiger partial charge in [-0.2, -0.15) is 10.5 Å². The van der Waals surface area contributed by atoms with Gasteiger partial charge in [0.25, 0.3) is 0 Å². The number of ether oxygens (including phenoxy) is 1. The van der Waals surface area contributed by atoms with Crippen LogP contribution in [0.15, 0.2) is 35.9 Å². The minimum atomic E-state index is 0.104. The number of aryl methyl sites for hydroxylation is 1. The van der Waals surface area contributed by atoms with Gasteiger partial charge in [-0.05, 0) is 62.7 Å². The Kier molecular flexibility index (Phi) is 4.66. The molecule has 110 valence electrons. The molecule has 0 bridgehead atoms. The van der Waals surface area contributed by atoms with Crippen LogP contribution in [0.3, 0.4) is 0 Å². The van der Waals surface area contributed by atoms with E-state index in [2.05, 4.69) is 4.57 Å². The normalized spacial score (nSPS) is 9.68. The molecule has 0 saturated carbocycles. The molecule has 4 nitrogen and oxygen atoms in total. The summed E-state index contributed by atoms with van der Waals surface area (Å²) in [5, 5.41) is 17.8. The van der Waals surface area contributed by atoms with Gasteiger partial charge in [0.2, 0.25) is 0 Å². The zero-order valence-corrected chi connectivity index (χ0v) is 12.9. The monoisotopic (exact) mass is 291 g/mol. The summed E-state index contributed by atoms with van der Waals surface area (Å²) in [6.45, 7) is 6.57. The van der Waals surface area contributed by atoms with Crippen LogP contribution in [0, 0.1) is 36.5 Å². The smallest absolute Gasteiger partial charge is 0.130 e. The second-order valence-electron chi connectivity index (χ2n) is 4.87. The van der Waals surface area contributed by atoms with Gasteiger partial charge in [-0.1, -0.05) is 0 Å². The topological polar surface area (TPSA) is 61.7 Å². The fourth-order valence-electron chi connectivity index (χ4n) is 2.43. The first-order valence-corrected chi connectivity index (χ1v) is 7.04. The molecule has 2 rings (SSSR count). The summed E-state index contributed by atoms with van der Waals surface area (Å²) in [5.41, 5.74) is 4.04. The van der Waals surface area contributed by atoms with E-state index in [-0.39, 0.29) is 5.57 Å². The van der Waals surface area contributed by atoms with Crippen LogP contribution < -0.4 is 4.74 Å². The number of nitrogens with zero attached hydrogens (tertiary/aromatic N) is 3. The van der Waals surface area contributed by atoms with Gasteiger partial charge in [-0.15, -0.1) is 0 Å². The molecular weight excluding hydrogens is 274 g/mol. The molecule has 1 aromatic heterocycles. The molecule has 0 atom stereocenters. The molecule has 0 spiro atoms. The Bertz CT molecular complexity index is 767. The standard InChI is InChI=1S/C18H17N3O/c1-4-22-18-7-5-17(6-8-18)21-13(2)9-16(14(21)3)10-15(11-19)12-20/h5-10H,4H2,1-3H3. The third-order valence-corrected chi connectivity index (χ3v) is 3.42. The van der Waals surface area contributed by atoms with Gasteiger partial charge in [0.1, 0.15) is 23.5 Å². The maximum atomic E-state index is 8.89. The molecule has 0 aliphatic rings. The third-order valence-electron chi connectivity index (χ3n) is 3.42. The van der Waals surface area contributed by atoms with Crippen molar-refractivity contribution >= 4 is 6.08 Å². The van der Waals surface area contributed by atoms with Crippen molar-refractivity contribution in [3.63, 3.8) is 0 Å². The van der Waals surface area contributed by atoms with Crippen LogP contribution >= 0.6 is 0 Å². The number of rotatable bonds is 4. The lowest BCUT2D eigenvalue weighted by atomic mass is 10.1. The predicted octanol–water partition coefficient (Wildman–Crippen LogP) is 3.92. The number of hydrogen-bond donors (Lipinski definition) is 0. The van der Waals surface area contributed by atoms with Crippen LogP contribution in [0.1, 0.15) is 23.9 Å². The lowest BCUT2D eigenvalue weighted by molar-refractivity contribution is 0.340. The van der Waals surface area contributed by atoms with Crippen LogP contribution in [-0.4, -0.2) is 11.2 Å². The second kappa shape index (κ2) is 6.65. The highest BCUT2D eigenvalue weighted by atomic mass is 16.5. The van der Waals surface area contributed by atoms with E-state index in [0.717, 1.165) is 28.4 Å². The first kappa shape index (κ1) is 15.4. The average Bonchev–Trinajstić information content (AvgIpc) is 2.80. The molecule has 1 aromatic carbocycles. The van der Waals surface area contributed by atoms with Crippen molar-refractivity contribution in [1.29, 1.82) is 10.5 Å². The summed E-state index contributed by atoms with van der Waals surface area (Å²) in [6, 6.07) is 13.6. The molecule has 0 N–H and O–H groups in total. The van der Waals surface area contributed by atoms with Gasteiger partial charge in [-0.3, -0.25) is 0 Å². The average molecular weight is 291 g/mol. The van der Waals surface area contributed by atoms with Crippen molar-refractivity contribution in [3.05, 3.63) is 52.9 Å². The van der Waals surface area contributed by atoms with Gasteiger partial charge in [0.15, 0.2) is 0 Å². The molecule has 22 heavy (non-hydrogen) atoms. The van der Waals surface area contributed by atoms with Gasteiger partial charge in [0.05, 0.1) is 6.61 Å². The van der Waals surface area contributed by atoms with Gasteiger partial charge >= 0.3 is 0 Å². The molecule has 0 saturated heterocycles. The van der Waals surface area contributed by atoms with E-state index in [1.165, 1.54) is 0 Å². The fraction of sp³-hybridized carbons (Fsp3) is 0.222. The molecule has 0 radical (unpaired) electrons. The lowest BCUT2D eigenvalue weighted by Gasteiger charge is -2.11. The number of allylic oxidation sites excluding steroid dienone is 1. The number of aromatic nitrogens is 1. The highest BCUT2D eigenvalue weighted by Gasteiger charge is 2.10. The minimum absolute atomic E-state index is 0.104. The van der Waals surface area contributed by atoms with Crippen molar-refractivity contribution in [3.8, 4) is 23.6 Å². The van der Waals surface area contributed by atoms with Gasteiger partial charge in [-0.25, -0.2) is 0 Å². The largest absolute Gasteiger partial charge is 0.494 e. The Morgan fingerprint density at radius 3 is 2.36 bits per heavy atom. The van der Waals surface area contributed by atoms with Crippen LogP contribution in [0.25, 0.3) is 11.8 Å². The first-order chi connectivity index (χ1) is 10.6. The van der Waals surface area contributed by atoms with Crippen molar-refractivity contribution in [2.75, 3.05) is 6.61 Å². The van der Waals surface area contributed by atoms with E-state index in [1.807, 2.05) is 63.2 Å². The van der Waals surface area contributed by atoms with Crippen LogP contribution in [0.2, 0.25) is 0 Å². The molecule has 0 aliphatic heterocycles. The lowest BCUT2D eigenvalue weighted by Crippen LogP contribution is -1.99. The summed E-state index contributed by atoms with van der Waals surface area (Å²) >= 11 is 0. The van der Waals surface area contributed by atoms with Crippen LogP contribution in [-0.2, 0) is 0 Å². The Balaban J connectivity index is 2.45. The molecule has 0 fully saturated rings. The summed E-state index contributed by atoms with van der Waals surface area (Å²) in [5.74, 6) is 0.838. The molecule has 1 heterocycles. The third kappa shape index (κ3) is 3.02.